The summed E-state index contributed by atoms with van der Waals surface area (Å²) in [5.74, 6) is 0. The van der Waals surface area contributed by atoms with Crippen molar-refractivity contribution in [3.8, 4) is 0 Å². The van der Waals surface area contributed by atoms with E-state index in [0.29, 0.717) is 5.13 Å². The molecule has 0 saturated heterocycles. The average Bonchev–Trinajstić information content (AvgIpc) is 2.79. The van der Waals surface area contributed by atoms with E-state index in [9.17, 15) is 10.1 Å². The van der Waals surface area contributed by atoms with Gasteiger partial charge in [-0.2, -0.15) is 0 Å². The van der Waals surface area contributed by atoms with E-state index >= 15 is 0 Å². The van der Waals surface area contributed by atoms with Gasteiger partial charge in [-0.15, -0.1) is 0 Å². The van der Waals surface area contributed by atoms with Gasteiger partial charge >= 0.3 is 5.00 Å². The number of nitro groups is 1. The molecule has 0 saturated carbocycles. The van der Waals surface area contributed by atoms with E-state index in [0.717, 1.165) is 16.9 Å². The molecule has 7 heteroatoms. The number of rotatable bonds is 4. The number of pyridine rings is 1. The van der Waals surface area contributed by atoms with Crippen LogP contribution >= 0.6 is 11.3 Å². The average molecular weight is 250 g/mol. The lowest BCUT2D eigenvalue weighted by molar-refractivity contribution is -0.380. The van der Waals surface area contributed by atoms with Gasteiger partial charge in [-0.05, 0) is 36.0 Å². The molecule has 1 atom stereocenters. The van der Waals surface area contributed by atoms with Crippen LogP contribution in [-0.4, -0.2) is 14.9 Å². The Labute approximate surface area is 102 Å². The fourth-order valence-electron chi connectivity index (χ4n) is 1.34. The maximum absolute atomic E-state index is 10.5. The highest BCUT2D eigenvalue weighted by atomic mass is 32.1. The third-order valence-corrected chi connectivity index (χ3v) is 3.10. The predicted molar refractivity (Wildman–Crippen MR) is 65.0 cm³/mol. The second kappa shape index (κ2) is 4.88. The number of nitrogens with one attached hydrogen (secondary N) is 1. The number of aromatic nitrogens is 2. The summed E-state index contributed by atoms with van der Waals surface area (Å²) in [6.07, 6.45) is 4.67. The highest BCUT2D eigenvalue weighted by Crippen LogP contribution is 2.27. The molecule has 2 aromatic rings. The van der Waals surface area contributed by atoms with Crippen LogP contribution in [0.5, 0.6) is 0 Å². The molecule has 2 rings (SSSR count). The number of hydrogen-bond acceptors (Lipinski definition) is 6. The summed E-state index contributed by atoms with van der Waals surface area (Å²) < 4.78 is 0. The van der Waals surface area contributed by atoms with Crippen molar-refractivity contribution in [3.05, 3.63) is 46.4 Å². The van der Waals surface area contributed by atoms with Crippen LogP contribution in [0.4, 0.5) is 10.1 Å². The molecule has 0 spiro atoms. The monoisotopic (exact) mass is 250 g/mol. The van der Waals surface area contributed by atoms with Crippen molar-refractivity contribution in [2.45, 2.75) is 13.0 Å². The molecule has 0 amide bonds. The second-order valence-electron chi connectivity index (χ2n) is 3.41. The zero-order valence-electron chi connectivity index (χ0n) is 9.03. The maximum atomic E-state index is 10.5. The topological polar surface area (TPSA) is 81.0 Å². The van der Waals surface area contributed by atoms with Crippen molar-refractivity contribution >= 4 is 21.5 Å². The van der Waals surface area contributed by atoms with Gasteiger partial charge in [-0.3, -0.25) is 15.1 Å². The zero-order chi connectivity index (χ0) is 12.3. The fraction of sp³-hybridized carbons (Fsp3) is 0.200. The third kappa shape index (κ3) is 2.76. The van der Waals surface area contributed by atoms with Crippen molar-refractivity contribution in [1.82, 2.24) is 9.97 Å². The van der Waals surface area contributed by atoms with Gasteiger partial charge in [0.05, 0.1) is 11.0 Å². The molecular formula is C10H10N4O2S. The number of nitrogens with zero attached hydrogens (tertiary/aromatic N) is 3. The smallest absolute Gasteiger partial charge is 0.345 e. The first kappa shape index (κ1) is 11.5. The van der Waals surface area contributed by atoms with Gasteiger partial charge in [0.25, 0.3) is 0 Å². The predicted octanol–water partition coefficient (Wildman–Crippen LogP) is 2.62. The Morgan fingerprint density at radius 3 is 2.76 bits per heavy atom. The molecule has 6 nitrogen and oxygen atoms in total. The van der Waals surface area contributed by atoms with E-state index in [1.165, 1.54) is 6.20 Å². The van der Waals surface area contributed by atoms with E-state index in [4.69, 9.17) is 0 Å². The van der Waals surface area contributed by atoms with Gasteiger partial charge in [-0.25, -0.2) is 4.98 Å². The molecular weight excluding hydrogens is 240 g/mol. The van der Waals surface area contributed by atoms with Crippen molar-refractivity contribution < 1.29 is 4.92 Å². The lowest BCUT2D eigenvalue weighted by Gasteiger charge is -2.12. The Morgan fingerprint density at radius 1 is 1.47 bits per heavy atom. The SMILES string of the molecule is CC(Nc1ncc([N+](=O)[O-])s1)c1ccncc1. The van der Waals surface area contributed by atoms with Gasteiger partial charge in [0.1, 0.15) is 6.20 Å². The molecule has 1 unspecified atom stereocenters. The lowest BCUT2D eigenvalue weighted by atomic mass is 10.1. The van der Waals surface area contributed by atoms with Gasteiger partial charge in [-0.1, -0.05) is 0 Å². The molecule has 0 aliphatic heterocycles. The van der Waals surface area contributed by atoms with E-state index < -0.39 is 4.92 Å². The number of thiazole rings is 1. The van der Waals surface area contributed by atoms with Crippen molar-refractivity contribution in [2.75, 3.05) is 5.32 Å². The zero-order valence-corrected chi connectivity index (χ0v) is 9.85. The van der Waals surface area contributed by atoms with Crippen molar-refractivity contribution in [1.29, 1.82) is 0 Å². The van der Waals surface area contributed by atoms with Crippen LogP contribution in [0, 0.1) is 10.1 Å². The van der Waals surface area contributed by atoms with E-state index in [-0.39, 0.29) is 11.0 Å². The summed E-state index contributed by atoms with van der Waals surface area (Å²) in [6.45, 7) is 1.96. The number of hydrogen-bond donors (Lipinski definition) is 1. The Kier molecular flexibility index (Phi) is 3.29. The molecule has 88 valence electrons. The molecule has 2 aromatic heterocycles. The summed E-state index contributed by atoms with van der Waals surface area (Å²) in [5, 5.41) is 14.2. The van der Waals surface area contributed by atoms with Gasteiger partial charge < -0.3 is 5.32 Å². The Hall–Kier alpha value is -2.02. The normalized spacial score (nSPS) is 12.1. The Morgan fingerprint density at radius 2 is 2.18 bits per heavy atom. The number of anilines is 1. The fourth-order valence-corrected chi connectivity index (χ4v) is 2.06. The van der Waals surface area contributed by atoms with E-state index in [2.05, 4.69) is 15.3 Å². The molecule has 0 radical (unpaired) electrons. The minimum atomic E-state index is -0.444. The van der Waals surface area contributed by atoms with Crippen LogP contribution in [0.1, 0.15) is 18.5 Å². The first-order chi connectivity index (χ1) is 8.16. The highest BCUT2D eigenvalue weighted by Gasteiger charge is 2.13. The molecule has 0 bridgehead atoms. The molecule has 2 heterocycles. The van der Waals surface area contributed by atoms with Crippen LogP contribution in [0.2, 0.25) is 0 Å². The van der Waals surface area contributed by atoms with E-state index in [1.54, 1.807) is 12.4 Å². The Bertz CT molecular complexity index is 514. The van der Waals surface area contributed by atoms with Gasteiger partial charge in [0.2, 0.25) is 0 Å². The van der Waals surface area contributed by atoms with Crippen molar-refractivity contribution in [2.24, 2.45) is 0 Å². The van der Waals surface area contributed by atoms with Crippen LogP contribution in [0.3, 0.4) is 0 Å². The minimum absolute atomic E-state index is 0.0313. The Balaban J connectivity index is 2.08. The largest absolute Gasteiger partial charge is 0.355 e. The molecule has 0 aliphatic carbocycles. The highest BCUT2D eigenvalue weighted by molar-refractivity contribution is 7.18. The summed E-state index contributed by atoms with van der Waals surface area (Å²) in [7, 11) is 0. The van der Waals surface area contributed by atoms with Crippen LogP contribution < -0.4 is 5.32 Å². The molecule has 0 fully saturated rings. The maximum Gasteiger partial charge on any atom is 0.345 e. The molecule has 0 aliphatic rings. The molecule has 1 N–H and O–H groups in total. The molecule has 0 aromatic carbocycles. The van der Waals surface area contributed by atoms with Crippen LogP contribution in [0.15, 0.2) is 30.7 Å². The van der Waals surface area contributed by atoms with Gasteiger partial charge in [0, 0.05) is 12.4 Å². The standard InChI is InChI=1S/C10H10N4O2S/c1-7(8-2-4-11-5-3-8)13-10-12-6-9(17-10)14(15)16/h2-7H,1H3,(H,12,13). The van der Waals surface area contributed by atoms with Crippen LogP contribution in [0.25, 0.3) is 0 Å². The molecule has 17 heavy (non-hydrogen) atoms. The summed E-state index contributed by atoms with van der Waals surface area (Å²) >= 11 is 1.03. The van der Waals surface area contributed by atoms with Crippen molar-refractivity contribution in [3.63, 3.8) is 0 Å². The van der Waals surface area contributed by atoms with Gasteiger partial charge in [0.15, 0.2) is 5.13 Å². The second-order valence-corrected chi connectivity index (χ2v) is 4.42. The summed E-state index contributed by atoms with van der Waals surface area (Å²) in [4.78, 5) is 18.0. The van der Waals surface area contributed by atoms with E-state index in [1.807, 2.05) is 19.1 Å². The first-order valence-electron chi connectivity index (χ1n) is 4.93. The van der Waals surface area contributed by atoms with Crippen LogP contribution in [-0.2, 0) is 0 Å². The summed E-state index contributed by atoms with van der Waals surface area (Å²) in [6, 6.07) is 3.81. The lowest BCUT2D eigenvalue weighted by Crippen LogP contribution is -2.05. The minimum Gasteiger partial charge on any atom is -0.355 e. The first-order valence-corrected chi connectivity index (χ1v) is 5.75. The quantitative estimate of drug-likeness (QED) is 0.666. The third-order valence-electron chi connectivity index (χ3n) is 2.22. The summed E-state index contributed by atoms with van der Waals surface area (Å²) in [5.41, 5.74) is 1.05.